The Bertz CT molecular complexity index is 634. The molecule has 1 aliphatic carbocycles. The third-order valence-corrected chi connectivity index (χ3v) is 5.40. The van der Waals surface area contributed by atoms with Crippen LogP contribution >= 0.6 is 0 Å². The smallest absolute Gasteiger partial charge is 0.134 e. The second kappa shape index (κ2) is 5.15. The van der Waals surface area contributed by atoms with Crippen molar-refractivity contribution in [1.82, 2.24) is 4.90 Å². The second-order valence-electron chi connectivity index (χ2n) is 6.64. The van der Waals surface area contributed by atoms with Crippen LogP contribution in [0.5, 0.6) is 0 Å². The summed E-state index contributed by atoms with van der Waals surface area (Å²) in [5, 5.41) is 1.25. The highest BCUT2D eigenvalue weighted by Crippen LogP contribution is 2.39. The van der Waals surface area contributed by atoms with Crippen LogP contribution in [-0.4, -0.2) is 31.2 Å². The van der Waals surface area contributed by atoms with Crippen molar-refractivity contribution in [3.63, 3.8) is 0 Å². The Labute approximate surface area is 125 Å². The molecule has 1 aromatic heterocycles. The maximum atomic E-state index is 6.07. The van der Waals surface area contributed by atoms with Gasteiger partial charge in [0.15, 0.2) is 0 Å². The molecule has 0 amide bonds. The van der Waals surface area contributed by atoms with Gasteiger partial charge in [0, 0.05) is 25.6 Å². The fraction of sp³-hybridized carbons (Fsp3) is 0.556. The molecule has 0 N–H and O–H groups in total. The van der Waals surface area contributed by atoms with Crippen LogP contribution in [0.3, 0.4) is 0 Å². The van der Waals surface area contributed by atoms with E-state index in [4.69, 9.17) is 9.15 Å². The normalized spacial score (nSPS) is 29.3. The average Bonchev–Trinajstić information content (AvgIpc) is 2.94. The van der Waals surface area contributed by atoms with Crippen LogP contribution in [-0.2, 0) is 11.3 Å². The van der Waals surface area contributed by atoms with Gasteiger partial charge in [-0.15, -0.1) is 0 Å². The third-order valence-electron chi connectivity index (χ3n) is 5.40. The van der Waals surface area contributed by atoms with E-state index in [1.165, 1.54) is 23.8 Å². The monoisotopic (exact) mass is 285 g/mol. The van der Waals surface area contributed by atoms with Gasteiger partial charge in [0.05, 0.1) is 12.6 Å². The first-order valence-corrected chi connectivity index (χ1v) is 7.98. The number of aryl methyl sites for hydroxylation is 1. The number of rotatable bonds is 3. The zero-order valence-electron chi connectivity index (χ0n) is 12.8. The molecule has 112 valence electrons. The molecular weight excluding hydrogens is 262 g/mol. The average molecular weight is 285 g/mol. The summed E-state index contributed by atoms with van der Waals surface area (Å²) in [4.78, 5) is 2.56. The molecule has 21 heavy (non-hydrogen) atoms. The summed E-state index contributed by atoms with van der Waals surface area (Å²) in [6.07, 6.45) is 3.12. The van der Waals surface area contributed by atoms with Gasteiger partial charge in [-0.25, -0.2) is 0 Å². The lowest BCUT2D eigenvalue weighted by Crippen LogP contribution is -2.45. The topological polar surface area (TPSA) is 25.6 Å². The molecule has 1 aliphatic heterocycles. The number of para-hydroxylation sites is 1. The number of hydrogen-bond donors (Lipinski definition) is 0. The summed E-state index contributed by atoms with van der Waals surface area (Å²) in [6.45, 7) is 5.40. The molecule has 1 aromatic carbocycles. The van der Waals surface area contributed by atoms with Crippen molar-refractivity contribution in [2.45, 2.75) is 32.4 Å². The molecule has 0 spiro atoms. The summed E-state index contributed by atoms with van der Waals surface area (Å²) in [5.74, 6) is 2.54. The van der Waals surface area contributed by atoms with Gasteiger partial charge in [-0.3, -0.25) is 4.90 Å². The van der Waals surface area contributed by atoms with Gasteiger partial charge in [0.25, 0.3) is 0 Å². The lowest BCUT2D eigenvalue weighted by atomic mass is 9.94. The first kappa shape index (κ1) is 13.4. The molecule has 3 atom stereocenters. The fourth-order valence-corrected chi connectivity index (χ4v) is 4.36. The SMILES string of the molecule is COC1[C@@H]2CC[C@H]1CN(Cc1oc3ccccc3c1C)C2. The zero-order chi connectivity index (χ0) is 14.4. The summed E-state index contributed by atoms with van der Waals surface area (Å²) in [5.41, 5.74) is 2.31. The highest BCUT2D eigenvalue weighted by molar-refractivity contribution is 5.81. The number of piperidine rings is 1. The van der Waals surface area contributed by atoms with E-state index in [1.807, 2.05) is 13.2 Å². The quantitative estimate of drug-likeness (QED) is 0.861. The molecule has 1 saturated carbocycles. The lowest BCUT2D eigenvalue weighted by molar-refractivity contribution is -0.0194. The maximum absolute atomic E-state index is 6.07. The van der Waals surface area contributed by atoms with Crippen LogP contribution in [0.15, 0.2) is 28.7 Å². The van der Waals surface area contributed by atoms with E-state index in [2.05, 4.69) is 30.0 Å². The molecule has 2 aliphatic rings. The van der Waals surface area contributed by atoms with Crippen molar-refractivity contribution in [3.05, 3.63) is 35.6 Å². The van der Waals surface area contributed by atoms with E-state index >= 15 is 0 Å². The molecule has 3 nitrogen and oxygen atoms in total. The van der Waals surface area contributed by atoms with Crippen LogP contribution < -0.4 is 0 Å². The van der Waals surface area contributed by atoms with Crippen LogP contribution in [0.1, 0.15) is 24.2 Å². The van der Waals surface area contributed by atoms with Crippen molar-refractivity contribution in [1.29, 1.82) is 0 Å². The molecule has 1 unspecified atom stereocenters. The van der Waals surface area contributed by atoms with Gasteiger partial charge >= 0.3 is 0 Å². The lowest BCUT2D eigenvalue weighted by Gasteiger charge is -2.36. The van der Waals surface area contributed by atoms with E-state index in [-0.39, 0.29) is 0 Å². The third kappa shape index (κ3) is 2.19. The molecule has 0 radical (unpaired) electrons. The van der Waals surface area contributed by atoms with E-state index in [0.29, 0.717) is 17.9 Å². The minimum Gasteiger partial charge on any atom is -0.459 e. The van der Waals surface area contributed by atoms with Crippen molar-refractivity contribution in [3.8, 4) is 0 Å². The van der Waals surface area contributed by atoms with Crippen molar-refractivity contribution < 1.29 is 9.15 Å². The van der Waals surface area contributed by atoms with E-state index in [1.54, 1.807) is 0 Å². The summed E-state index contributed by atoms with van der Waals surface area (Å²) >= 11 is 0. The highest BCUT2D eigenvalue weighted by atomic mass is 16.5. The van der Waals surface area contributed by atoms with Crippen LogP contribution in [0, 0.1) is 18.8 Å². The van der Waals surface area contributed by atoms with Gasteiger partial charge in [-0.05, 0) is 43.2 Å². The largest absolute Gasteiger partial charge is 0.459 e. The number of benzene rings is 1. The van der Waals surface area contributed by atoms with Crippen molar-refractivity contribution in [2.75, 3.05) is 20.2 Å². The fourth-order valence-electron chi connectivity index (χ4n) is 4.36. The molecule has 1 saturated heterocycles. The molecule has 2 bridgehead atoms. The maximum Gasteiger partial charge on any atom is 0.134 e. The molecule has 2 heterocycles. The van der Waals surface area contributed by atoms with Gasteiger partial charge in [-0.2, -0.15) is 0 Å². The molecular formula is C18H23NO2. The van der Waals surface area contributed by atoms with Crippen molar-refractivity contribution >= 4 is 11.0 Å². The van der Waals surface area contributed by atoms with Gasteiger partial charge in [-0.1, -0.05) is 18.2 Å². The summed E-state index contributed by atoms with van der Waals surface area (Å²) in [7, 11) is 1.87. The number of likely N-dealkylation sites (tertiary alicyclic amines) is 1. The second-order valence-corrected chi connectivity index (χ2v) is 6.64. The Kier molecular flexibility index (Phi) is 3.27. The molecule has 3 heteroatoms. The van der Waals surface area contributed by atoms with Crippen molar-refractivity contribution in [2.24, 2.45) is 11.8 Å². The Morgan fingerprint density at radius 3 is 2.57 bits per heavy atom. The summed E-state index contributed by atoms with van der Waals surface area (Å²) in [6, 6.07) is 8.34. The Morgan fingerprint density at radius 2 is 1.90 bits per heavy atom. The summed E-state index contributed by atoms with van der Waals surface area (Å²) < 4.78 is 11.8. The van der Waals surface area contributed by atoms with Gasteiger partial charge in [0.2, 0.25) is 0 Å². The number of fused-ring (bicyclic) bond motifs is 3. The predicted molar refractivity (Wildman–Crippen MR) is 83.2 cm³/mol. The number of furan rings is 1. The number of ether oxygens (including phenoxy) is 1. The van der Waals surface area contributed by atoms with E-state index in [9.17, 15) is 0 Å². The van der Waals surface area contributed by atoms with Crippen LogP contribution in [0.4, 0.5) is 0 Å². The number of hydrogen-bond acceptors (Lipinski definition) is 3. The van der Waals surface area contributed by atoms with E-state index < -0.39 is 0 Å². The minimum atomic E-state index is 0.484. The zero-order valence-corrected chi connectivity index (χ0v) is 12.8. The molecule has 2 fully saturated rings. The molecule has 2 aromatic rings. The van der Waals surface area contributed by atoms with Crippen LogP contribution in [0.25, 0.3) is 11.0 Å². The van der Waals surface area contributed by atoms with E-state index in [0.717, 1.165) is 31.0 Å². The standard InChI is InChI=1S/C18H23NO2/c1-12-15-5-3-4-6-16(15)21-17(12)11-19-9-13-7-8-14(10-19)18(13)20-2/h3-6,13-14,18H,7-11H2,1-2H3/t13-,14+,18?. The number of methoxy groups -OCH3 is 1. The predicted octanol–water partition coefficient (Wildman–Crippen LogP) is 3.60. The first-order chi connectivity index (χ1) is 10.3. The van der Waals surface area contributed by atoms with Gasteiger partial charge in [0.1, 0.15) is 11.3 Å². The van der Waals surface area contributed by atoms with Crippen LogP contribution in [0.2, 0.25) is 0 Å². The highest BCUT2D eigenvalue weighted by Gasteiger charge is 2.42. The Balaban J connectivity index is 1.55. The first-order valence-electron chi connectivity index (χ1n) is 7.98. The number of nitrogens with zero attached hydrogens (tertiary/aromatic N) is 1. The Hall–Kier alpha value is -1.32. The minimum absolute atomic E-state index is 0.484. The van der Waals surface area contributed by atoms with Gasteiger partial charge < -0.3 is 9.15 Å². The Morgan fingerprint density at radius 1 is 1.19 bits per heavy atom. The molecule has 4 rings (SSSR count).